The molecule has 0 N–H and O–H groups in total. The number of hydrogen-bond acceptors (Lipinski definition) is 1. The molecule has 0 radical (unpaired) electrons. The fraction of sp³-hybridized carbons (Fsp3) is 0.538. The molecule has 1 nitrogen and oxygen atoms in total. The Morgan fingerprint density at radius 2 is 2.00 bits per heavy atom. The fourth-order valence-corrected chi connectivity index (χ4v) is 3.26. The van der Waals surface area contributed by atoms with Gasteiger partial charge in [0.25, 0.3) is 0 Å². The Hall–Kier alpha value is -0.0900. The molecule has 1 fully saturated rings. The van der Waals surface area contributed by atoms with Gasteiger partial charge in [-0.1, -0.05) is 59.3 Å². The molecule has 15 heavy (non-hydrogen) atoms. The molecule has 2 heteroatoms. The number of alkyl halides is 1. The van der Waals surface area contributed by atoms with Crippen molar-refractivity contribution >= 4 is 22.6 Å². The summed E-state index contributed by atoms with van der Waals surface area (Å²) < 4.78 is 1.27. The molecule has 0 spiro atoms. The van der Waals surface area contributed by atoms with Crippen LogP contribution in [-0.2, 0) is 6.54 Å². The van der Waals surface area contributed by atoms with Crippen LogP contribution in [0.4, 0.5) is 0 Å². The highest BCUT2D eigenvalue weighted by Gasteiger charge is 2.20. The zero-order valence-electron chi connectivity index (χ0n) is 9.03. The van der Waals surface area contributed by atoms with E-state index in [0.29, 0.717) is 0 Å². The SMILES string of the molecule is IC[C@H]1CCCCN1Cc1ccccc1. The monoisotopic (exact) mass is 315 g/mol. The molecule has 82 valence electrons. The van der Waals surface area contributed by atoms with Gasteiger partial charge in [0.05, 0.1) is 0 Å². The third kappa shape index (κ3) is 3.18. The molecule has 0 aromatic heterocycles. The van der Waals surface area contributed by atoms with Crippen molar-refractivity contribution < 1.29 is 0 Å². The summed E-state index contributed by atoms with van der Waals surface area (Å²) in [5.41, 5.74) is 1.45. The Labute approximate surface area is 106 Å². The largest absolute Gasteiger partial charge is 0.295 e. The van der Waals surface area contributed by atoms with Crippen molar-refractivity contribution in [1.29, 1.82) is 0 Å². The highest BCUT2D eigenvalue weighted by molar-refractivity contribution is 14.1. The van der Waals surface area contributed by atoms with Gasteiger partial charge in [-0.25, -0.2) is 0 Å². The lowest BCUT2D eigenvalue weighted by atomic mass is 10.0. The van der Waals surface area contributed by atoms with Crippen LogP contribution in [0.25, 0.3) is 0 Å². The third-order valence-corrected chi connectivity index (χ3v) is 4.17. The van der Waals surface area contributed by atoms with Crippen molar-refractivity contribution in [3.8, 4) is 0 Å². The van der Waals surface area contributed by atoms with Gasteiger partial charge in [-0.2, -0.15) is 0 Å². The minimum atomic E-state index is 0.805. The zero-order chi connectivity index (χ0) is 10.5. The Morgan fingerprint density at radius 3 is 2.73 bits per heavy atom. The van der Waals surface area contributed by atoms with E-state index >= 15 is 0 Å². The van der Waals surface area contributed by atoms with Crippen molar-refractivity contribution in [2.24, 2.45) is 0 Å². The van der Waals surface area contributed by atoms with E-state index in [1.54, 1.807) is 0 Å². The van der Waals surface area contributed by atoms with E-state index in [1.165, 1.54) is 35.8 Å². The maximum atomic E-state index is 2.64. The predicted octanol–water partition coefficient (Wildman–Crippen LogP) is 3.48. The molecule has 1 heterocycles. The van der Waals surface area contributed by atoms with Gasteiger partial charge in [-0.05, 0) is 24.9 Å². The summed E-state index contributed by atoms with van der Waals surface area (Å²) in [6.45, 7) is 2.41. The lowest BCUT2D eigenvalue weighted by molar-refractivity contribution is 0.158. The Morgan fingerprint density at radius 1 is 1.20 bits per heavy atom. The van der Waals surface area contributed by atoms with E-state index in [1.807, 2.05) is 0 Å². The molecule has 1 aliphatic heterocycles. The molecular weight excluding hydrogens is 297 g/mol. The molecule has 0 bridgehead atoms. The van der Waals surface area contributed by atoms with Gasteiger partial charge in [0.15, 0.2) is 0 Å². The zero-order valence-corrected chi connectivity index (χ0v) is 11.2. The highest BCUT2D eigenvalue weighted by Crippen LogP contribution is 2.20. The van der Waals surface area contributed by atoms with Gasteiger partial charge in [0.1, 0.15) is 0 Å². The lowest BCUT2D eigenvalue weighted by Gasteiger charge is -2.34. The summed E-state index contributed by atoms with van der Waals surface area (Å²) in [6.07, 6.45) is 4.18. The van der Waals surface area contributed by atoms with Crippen LogP contribution in [0.3, 0.4) is 0 Å². The van der Waals surface area contributed by atoms with Crippen LogP contribution in [0.2, 0.25) is 0 Å². The summed E-state index contributed by atoms with van der Waals surface area (Å²) in [5, 5.41) is 0. The first-order chi connectivity index (χ1) is 7.40. The smallest absolute Gasteiger partial charge is 0.0236 e. The standard InChI is InChI=1S/C13H18IN/c14-10-13-8-4-5-9-15(13)11-12-6-2-1-3-7-12/h1-3,6-7,13H,4-5,8-11H2/t13-/m1/s1. The van der Waals surface area contributed by atoms with Crippen molar-refractivity contribution in [1.82, 2.24) is 4.90 Å². The van der Waals surface area contributed by atoms with Crippen molar-refractivity contribution in [2.45, 2.75) is 31.8 Å². The van der Waals surface area contributed by atoms with Gasteiger partial charge >= 0.3 is 0 Å². The van der Waals surface area contributed by atoms with E-state index in [9.17, 15) is 0 Å². The normalized spacial score (nSPS) is 22.9. The topological polar surface area (TPSA) is 3.24 Å². The molecule has 0 unspecified atom stereocenters. The number of hydrogen-bond donors (Lipinski definition) is 0. The summed E-state index contributed by atoms with van der Waals surface area (Å²) in [6, 6.07) is 11.6. The van der Waals surface area contributed by atoms with Crippen LogP contribution in [0.1, 0.15) is 24.8 Å². The van der Waals surface area contributed by atoms with E-state index in [2.05, 4.69) is 57.8 Å². The third-order valence-electron chi connectivity index (χ3n) is 3.16. The van der Waals surface area contributed by atoms with Crippen LogP contribution in [-0.4, -0.2) is 21.9 Å². The average molecular weight is 315 g/mol. The van der Waals surface area contributed by atoms with Gasteiger partial charge in [-0.3, -0.25) is 4.90 Å². The molecule has 0 aliphatic carbocycles. The number of halogens is 1. The van der Waals surface area contributed by atoms with Crippen molar-refractivity contribution in [2.75, 3.05) is 11.0 Å². The molecule has 1 aromatic carbocycles. The molecular formula is C13H18IN. The molecule has 2 rings (SSSR count). The summed E-state index contributed by atoms with van der Waals surface area (Å²) >= 11 is 2.52. The minimum Gasteiger partial charge on any atom is -0.295 e. The van der Waals surface area contributed by atoms with Crippen LogP contribution < -0.4 is 0 Å². The first-order valence-electron chi connectivity index (χ1n) is 5.74. The molecule has 1 aromatic rings. The van der Waals surface area contributed by atoms with E-state index in [0.717, 1.165) is 12.6 Å². The van der Waals surface area contributed by atoms with Gasteiger partial charge < -0.3 is 0 Å². The van der Waals surface area contributed by atoms with Crippen LogP contribution >= 0.6 is 22.6 Å². The molecule has 0 amide bonds. The quantitative estimate of drug-likeness (QED) is 0.610. The number of benzene rings is 1. The number of piperidine rings is 1. The maximum Gasteiger partial charge on any atom is 0.0236 e. The Kier molecular flexibility index (Phi) is 4.44. The second-order valence-electron chi connectivity index (χ2n) is 4.26. The van der Waals surface area contributed by atoms with E-state index in [4.69, 9.17) is 0 Å². The number of rotatable bonds is 3. The Balaban J connectivity index is 1.97. The van der Waals surface area contributed by atoms with Crippen LogP contribution in [0.15, 0.2) is 30.3 Å². The highest BCUT2D eigenvalue weighted by atomic mass is 127. The van der Waals surface area contributed by atoms with Gasteiger partial charge in [0, 0.05) is 17.0 Å². The van der Waals surface area contributed by atoms with Gasteiger partial charge in [0.2, 0.25) is 0 Å². The molecule has 0 saturated carbocycles. The van der Waals surface area contributed by atoms with E-state index in [-0.39, 0.29) is 0 Å². The second-order valence-corrected chi connectivity index (χ2v) is 5.14. The van der Waals surface area contributed by atoms with Crippen molar-refractivity contribution in [3.63, 3.8) is 0 Å². The minimum absolute atomic E-state index is 0.805. The summed E-state index contributed by atoms with van der Waals surface area (Å²) in [4.78, 5) is 2.64. The predicted molar refractivity (Wildman–Crippen MR) is 73.4 cm³/mol. The molecule has 1 aliphatic rings. The first-order valence-corrected chi connectivity index (χ1v) is 7.26. The van der Waals surface area contributed by atoms with Crippen LogP contribution in [0, 0.1) is 0 Å². The maximum absolute atomic E-state index is 2.64. The second kappa shape index (κ2) is 5.85. The first kappa shape index (κ1) is 11.4. The molecule has 1 atom stereocenters. The van der Waals surface area contributed by atoms with Gasteiger partial charge in [-0.15, -0.1) is 0 Å². The van der Waals surface area contributed by atoms with Crippen molar-refractivity contribution in [3.05, 3.63) is 35.9 Å². The number of likely N-dealkylation sites (tertiary alicyclic amines) is 1. The summed E-state index contributed by atoms with van der Waals surface area (Å²) in [7, 11) is 0. The molecule has 1 saturated heterocycles. The Bertz CT molecular complexity index is 286. The fourth-order valence-electron chi connectivity index (χ4n) is 2.26. The van der Waals surface area contributed by atoms with E-state index < -0.39 is 0 Å². The van der Waals surface area contributed by atoms with Crippen LogP contribution in [0.5, 0.6) is 0 Å². The average Bonchev–Trinajstić information content (AvgIpc) is 2.31. The summed E-state index contributed by atoms with van der Waals surface area (Å²) in [5.74, 6) is 0. The number of nitrogens with zero attached hydrogens (tertiary/aromatic N) is 1. The lowest BCUT2D eigenvalue weighted by Crippen LogP contribution is -2.39.